The maximum Gasteiger partial charge on any atom is 0.119 e. The highest BCUT2D eigenvalue weighted by molar-refractivity contribution is 5.54. The van der Waals surface area contributed by atoms with Crippen LogP contribution in [0.15, 0.2) is 48.5 Å². The fourth-order valence-electron chi connectivity index (χ4n) is 7.00. The van der Waals surface area contributed by atoms with Crippen LogP contribution in [0.2, 0.25) is 0 Å². The predicted octanol–water partition coefficient (Wildman–Crippen LogP) is 13.2. The van der Waals surface area contributed by atoms with Crippen molar-refractivity contribution >= 4 is 11.4 Å². The smallest absolute Gasteiger partial charge is 0.119 e. The van der Waals surface area contributed by atoms with E-state index in [9.17, 15) is 0 Å². The molecule has 1 fully saturated rings. The third-order valence-corrected chi connectivity index (χ3v) is 10.2. The van der Waals surface area contributed by atoms with Crippen LogP contribution in [0, 0.1) is 0 Å². The van der Waals surface area contributed by atoms with Crippen molar-refractivity contribution in [3.63, 3.8) is 0 Å². The van der Waals surface area contributed by atoms with Gasteiger partial charge in [0.05, 0.1) is 13.2 Å². The molecular formula is C44H74N2O2. The molecule has 0 saturated carbocycles. The van der Waals surface area contributed by atoms with Crippen LogP contribution in [0.5, 0.6) is 11.5 Å². The molecule has 0 spiro atoms. The number of ether oxygens (including phenoxy) is 2. The van der Waals surface area contributed by atoms with Crippen molar-refractivity contribution in [1.29, 1.82) is 0 Å². The van der Waals surface area contributed by atoms with E-state index in [0.717, 1.165) is 63.7 Å². The summed E-state index contributed by atoms with van der Waals surface area (Å²) in [6.07, 6.45) is 33.0. The molecule has 0 aliphatic carbocycles. The van der Waals surface area contributed by atoms with E-state index in [4.69, 9.17) is 9.47 Å². The molecule has 0 amide bonds. The van der Waals surface area contributed by atoms with E-state index in [2.05, 4.69) is 72.2 Å². The molecule has 3 rings (SSSR count). The Morgan fingerprint density at radius 2 is 0.604 bits per heavy atom. The van der Waals surface area contributed by atoms with E-state index >= 15 is 0 Å². The fourth-order valence-corrected chi connectivity index (χ4v) is 7.00. The van der Waals surface area contributed by atoms with Crippen molar-refractivity contribution in [3.05, 3.63) is 48.5 Å². The number of unbranched alkanes of at least 4 members (excludes halogenated alkanes) is 22. The number of piperazine rings is 1. The van der Waals surface area contributed by atoms with Gasteiger partial charge in [-0.05, 0) is 61.4 Å². The van der Waals surface area contributed by atoms with Crippen LogP contribution in [-0.2, 0) is 0 Å². The molecule has 4 heteroatoms. The van der Waals surface area contributed by atoms with Gasteiger partial charge in [0.2, 0.25) is 0 Å². The van der Waals surface area contributed by atoms with Gasteiger partial charge in [0.25, 0.3) is 0 Å². The van der Waals surface area contributed by atoms with Crippen LogP contribution < -0.4 is 19.3 Å². The van der Waals surface area contributed by atoms with Crippen LogP contribution in [0.3, 0.4) is 0 Å². The summed E-state index contributed by atoms with van der Waals surface area (Å²) < 4.78 is 12.1. The Morgan fingerprint density at radius 1 is 0.354 bits per heavy atom. The minimum absolute atomic E-state index is 0.832. The summed E-state index contributed by atoms with van der Waals surface area (Å²) in [7, 11) is 0. The summed E-state index contributed by atoms with van der Waals surface area (Å²) in [4.78, 5) is 5.00. The molecule has 1 saturated heterocycles. The number of hydrogen-bond acceptors (Lipinski definition) is 4. The quantitative estimate of drug-likeness (QED) is 0.0777. The highest BCUT2D eigenvalue weighted by Crippen LogP contribution is 2.25. The minimum atomic E-state index is 0.832. The minimum Gasteiger partial charge on any atom is -0.494 e. The van der Waals surface area contributed by atoms with Gasteiger partial charge in [0.15, 0.2) is 0 Å². The summed E-state index contributed by atoms with van der Waals surface area (Å²) in [6.45, 7) is 10.4. The first-order valence-electron chi connectivity index (χ1n) is 20.8. The van der Waals surface area contributed by atoms with E-state index < -0.39 is 0 Å². The molecule has 0 aromatic heterocycles. The lowest BCUT2D eigenvalue weighted by Gasteiger charge is -2.37. The van der Waals surface area contributed by atoms with E-state index in [1.165, 1.54) is 153 Å². The molecule has 272 valence electrons. The molecule has 4 nitrogen and oxygen atoms in total. The lowest BCUT2D eigenvalue weighted by atomic mass is 10.1. The standard InChI is InChI=1S/C44H74N2O2/c1-3-5-7-9-11-13-15-17-19-21-23-25-39-47-43-31-27-41(28-32-43)45-35-37-46(38-36-45)42-29-33-44(34-30-42)48-40-26-24-22-20-18-16-14-12-10-8-6-4-2/h27-34H,3-26,35-40H2,1-2H3. The summed E-state index contributed by atoms with van der Waals surface area (Å²) in [5.41, 5.74) is 2.60. The van der Waals surface area contributed by atoms with Crippen LogP contribution in [0.1, 0.15) is 168 Å². The number of rotatable bonds is 30. The Balaban J connectivity index is 1.17. The molecule has 1 heterocycles. The third-order valence-electron chi connectivity index (χ3n) is 10.2. The average molecular weight is 663 g/mol. The van der Waals surface area contributed by atoms with Crippen molar-refractivity contribution in [1.82, 2.24) is 0 Å². The lowest BCUT2D eigenvalue weighted by molar-refractivity contribution is 0.304. The van der Waals surface area contributed by atoms with Gasteiger partial charge in [-0.1, -0.05) is 155 Å². The summed E-state index contributed by atoms with van der Waals surface area (Å²) in [5, 5.41) is 0. The van der Waals surface area contributed by atoms with Crippen molar-refractivity contribution in [3.8, 4) is 11.5 Å². The molecule has 1 aliphatic rings. The van der Waals surface area contributed by atoms with Crippen molar-refractivity contribution in [2.24, 2.45) is 0 Å². The number of hydrogen-bond donors (Lipinski definition) is 0. The summed E-state index contributed by atoms with van der Waals surface area (Å²) >= 11 is 0. The zero-order valence-corrected chi connectivity index (χ0v) is 31.5. The van der Waals surface area contributed by atoms with Gasteiger partial charge in [0, 0.05) is 37.6 Å². The van der Waals surface area contributed by atoms with Crippen molar-refractivity contribution < 1.29 is 9.47 Å². The van der Waals surface area contributed by atoms with E-state index in [1.54, 1.807) is 0 Å². The Labute approximate surface area is 297 Å². The van der Waals surface area contributed by atoms with Gasteiger partial charge in [-0.25, -0.2) is 0 Å². The normalized spacial score (nSPS) is 13.3. The number of anilines is 2. The highest BCUT2D eigenvalue weighted by Gasteiger charge is 2.17. The second-order valence-corrected chi connectivity index (χ2v) is 14.4. The highest BCUT2D eigenvalue weighted by atomic mass is 16.5. The molecule has 0 bridgehead atoms. The molecule has 2 aromatic carbocycles. The van der Waals surface area contributed by atoms with Crippen LogP contribution in [0.25, 0.3) is 0 Å². The maximum absolute atomic E-state index is 6.06. The Morgan fingerprint density at radius 3 is 0.875 bits per heavy atom. The zero-order valence-electron chi connectivity index (χ0n) is 31.5. The van der Waals surface area contributed by atoms with Crippen molar-refractivity contribution in [2.45, 2.75) is 168 Å². The Hall–Kier alpha value is -2.36. The lowest BCUT2D eigenvalue weighted by Crippen LogP contribution is -2.46. The van der Waals surface area contributed by atoms with Gasteiger partial charge < -0.3 is 19.3 Å². The summed E-state index contributed by atoms with van der Waals surface area (Å²) in [6, 6.07) is 17.5. The van der Waals surface area contributed by atoms with Gasteiger partial charge in [-0.3, -0.25) is 0 Å². The van der Waals surface area contributed by atoms with Gasteiger partial charge in [-0.2, -0.15) is 0 Å². The second-order valence-electron chi connectivity index (χ2n) is 14.4. The van der Waals surface area contributed by atoms with E-state index in [-0.39, 0.29) is 0 Å². The zero-order chi connectivity index (χ0) is 33.7. The largest absolute Gasteiger partial charge is 0.494 e. The van der Waals surface area contributed by atoms with Crippen LogP contribution in [-0.4, -0.2) is 39.4 Å². The average Bonchev–Trinajstić information content (AvgIpc) is 3.13. The van der Waals surface area contributed by atoms with Gasteiger partial charge in [-0.15, -0.1) is 0 Å². The molecule has 48 heavy (non-hydrogen) atoms. The van der Waals surface area contributed by atoms with Crippen LogP contribution in [0.4, 0.5) is 11.4 Å². The first-order chi connectivity index (χ1) is 23.8. The third kappa shape index (κ3) is 18.4. The fraction of sp³-hybridized carbons (Fsp3) is 0.727. The molecule has 0 atom stereocenters. The first kappa shape index (κ1) is 40.1. The molecule has 2 aromatic rings. The van der Waals surface area contributed by atoms with Crippen LogP contribution >= 0.6 is 0 Å². The van der Waals surface area contributed by atoms with E-state index in [1.807, 2.05) is 0 Å². The van der Waals surface area contributed by atoms with Gasteiger partial charge in [0.1, 0.15) is 11.5 Å². The molecular weight excluding hydrogens is 588 g/mol. The molecule has 0 radical (unpaired) electrons. The Kier molecular flexibility index (Phi) is 22.9. The predicted molar refractivity (Wildman–Crippen MR) is 210 cm³/mol. The monoisotopic (exact) mass is 663 g/mol. The second kappa shape index (κ2) is 27.5. The molecule has 0 N–H and O–H groups in total. The molecule has 1 aliphatic heterocycles. The van der Waals surface area contributed by atoms with Gasteiger partial charge >= 0.3 is 0 Å². The maximum atomic E-state index is 6.06. The SMILES string of the molecule is CCCCCCCCCCCCCCOc1ccc(N2CCN(c3ccc(OCCCCCCCCCCCCCC)cc3)CC2)cc1. The number of benzene rings is 2. The topological polar surface area (TPSA) is 24.9 Å². The van der Waals surface area contributed by atoms with Crippen molar-refractivity contribution in [2.75, 3.05) is 49.2 Å². The number of nitrogens with zero attached hydrogens (tertiary/aromatic N) is 2. The first-order valence-corrected chi connectivity index (χ1v) is 20.8. The van der Waals surface area contributed by atoms with E-state index in [0.29, 0.717) is 0 Å². The molecule has 0 unspecified atom stereocenters. The summed E-state index contributed by atoms with van der Waals surface area (Å²) in [5.74, 6) is 2.00. The Bertz CT molecular complexity index is 902.